The van der Waals surface area contributed by atoms with E-state index in [4.69, 9.17) is 11.2 Å². The number of hydrogen-bond acceptors (Lipinski definition) is 3. The minimum Gasteiger partial charge on any atom is -0.469 e. The second-order valence-electron chi connectivity index (χ2n) is 4.51. The normalized spacial score (nSPS) is 23.2. The Hall–Kier alpha value is -1.01. The van der Waals surface area contributed by atoms with Gasteiger partial charge in [-0.3, -0.25) is 9.69 Å². The van der Waals surface area contributed by atoms with Crippen molar-refractivity contribution in [3.05, 3.63) is 0 Å². The van der Waals surface area contributed by atoms with Gasteiger partial charge in [-0.1, -0.05) is 5.92 Å². The van der Waals surface area contributed by atoms with Crippen LogP contribution in [0.1, 0.15) is 26.7 Å². The van der Waals surface area contributed by atoms with Crippen molar-refractivity contribution in [2.24, 2.45) is 5.92 Å². The summed E-state index contributed by atoms with van der Waals surface area (Å²) in [6.07, 6.45) is 7.39. The molecule has 0 amide bonds. The third-order valence-electron chi connectivity index (χ3n) is 3.10. The van der Waals surface area contributed by atoms with Gasteiger partial charge in [0.1, 0.15) is 0 Å². The number of likely N-dealkylation sites (tertiary alicyclic amines) is 1. The largest absolute Gasteiger partial charge is 0.469 e. The molecule has 84 valence electrons. The van der Waals surface area contributed by atoms with Crippen LogP contribution in [0.25, 0.3) is 0 Å². The second-order valence-corrected chi connectivity index (χ2v) is 4.51. The van der Waals surface area contributed by atoms with Crippen molar-refractivity contribution in [2.45, 2.75) is 32.2 Å². The van der Waals surface area contributed by atoms with Crippen molar-refractivity contribution < 1.29 is 9.53 Å². The van der Waals surface area contributed by atoms with Crippen LogP contribution in [0.4, 0.5) is 0 Å². The lowest BCUT2D eigenvalue weighted by Crippen LogP contribution is -2.49. The third kappa shape index (κ3) is 2.73. The van der Waals surface area contributed by atoms with E-state index in [-0.39, 0.29) is 17.4 Å². The second kappa shape index (κ2) is 4.67. The van der Waals surface area contributed by atoms with E-state index in [0.717, 1.165) is 19.4 Å². The van der Waals surface area contributed by atoms with Gasteiger partial charge in [0, 0.05) is 6.54 Å². The summed E-state index contributed by atoms with van der Waals surface area (Å²) in [6.45, 7) is 5.69. The topological polar surface area (TPSA) is 29.5 Å². The number of esters is 1. The minimum absolute atomic E-state index is 0.0172. The van der Waals surface area contributed by atoms with Crippen LogP contribution in [-0.4, -0.2) is 36.6 Å². The molecule has 1 unspecified atom stereocenters. The van der Waals surface area contributed by atoms with E-state index in [2.05, 4.69) is 10.8 Å². The van der Waals surface area contributed by atoms with Crippen LogP contribution in [0.5, 0.6) is 0 Å². The molecule has 0 radical (unpaired) electrons. The summed E-state index contributed by atoms with van der Waals surface area (Å²) in [5, 5.41) is 0. The Morgan fingerprint density at radius 3 is 2.80 bits per heavy atom. The van der Waals surface area contributed by atoms with Crippen molar-refractivity contribution in [1.82, 2.24) is 4.90 Å². The Morgan fingerprint density at radius 2 is 2.27 bits per heavy atom. The Balaban J connectivity index is 2.65. The average molecular weight is 209 g/mol. The molecule has 0 aromatic rings. The fourth-order valence-electron chi connectivity index (χ4n) is 1.94. The zero-order valence-corrected chi connectivity index (χ0v) is 9.75. The Morgan fingerprint density at radius 1 is 1.60 bits per heavy atom. The number of hydrogen-bond donors (Lipinski definition) is 0. The van der Waals surface area contributed by atoms with Crippen LogP contribution in [0.3, 0.4) is 0 Å². The molecule has 3 heteroatoms. The van der Waals surface area contributed by atoms with Gasteiger partial charge in [-0.05, 0) is 33.2 Å². The summed E-state index contributed by atoms with van der Waals surface area (Å²) in [7, 11) is 1.44. The summed E-state index contributed by atoms with van der Waals surface area (Å²) >= 11 is 0. The molecule has 1 aliphatic heterocycles. The average Bonchev–Trinajstić information content (AvgIpc) is 2.28. The fourth-order valence-corrected chi connectivity index (χ4v) is 1.94. The molecule has 0 aliphatic carbocycles. The highest BCUT2D eigenvalue weighted by atomic mass is 16.5. The molecule has 1 heterocycles. The molecular formula is C12H19NO2. The Bertz CT molecular complexity index is 278. The van der Waals surface area contributed by atoms with Crippen LogP contribution < -0.4 is 0 Å². The molecule has 0 aromatic carbocycles. The summed E-state index contributed by atoms with van der Waals surface area (Å²) in [5.74, 6) is 2.63. The van der Waals surface area contributed by atoms with Crippen LogP contribution in [0, 0.1) is 18.3 Å². The first-order chi connectivity index (χ1) is 7.01. The molecule has 0 saturated carbocycles. The number of carbonyl (C=O) groups excluding carboxylic acids is 1. The lowest BCUT2D eigenvalue weighted by Gasteiger charge is -2.39. The van der Waals surface area contributed by atoms with E-state index in [0.29, 0.717) is 6.54 Å². The molecule has 1 fully saturated rings. The van der Waals surface area contributed by atoms with Crippen molar-refractivity contribution >= 4 is 5.97 Å². The summed E-state index contributed by atoms with van der Waals surface area (Å²) in [4.78, 5) is 13.6. The molecule has 0 bridgehead atoms. The summed E-state index contributed by atoms with van der Waals surface area (Å²) < 4.78 is 4.77. The van der Waals surface area contributed by atoms with E-state index < -0.39 is 0 Å². The van der Waals surface area contributed by atoms with E-state index in [1.807, 2.05) is 13.8 Å². The maximum Gasteiger partial charge on any atom is 0.309 e. The molecule has 1 atom stereocenters. The summed E-state index contributed by atoms with van der Waals surface area (Å²) in [6, 6.07) is 0. The smallest absolute Gasteiger partial charge is 0.309 e. The van der Waals surface area contributed by atoms with Crippen LogP contribution >= 0.6 is 0 Å². The van der Waals surface area contributed by atoms with Crippen molar-refractivity contribution in [3.63, 3.8) is 0 Å². The molecule has 1 aliphatic rings. The van der Waals surface area contributed by atoms with Gasteiger partial charge in [0.15, 0.2) is 0 Å². The minimum atomic E-state index is -0.271. The third-order valence-corrected chi connectivity index (χ3v) is 3.10. The molecule has 3 nitrogen and oxygen atoms in total. The number of rotatable bonds is 2. The molecule has 1 saturated heterocycles. The fraction of sp³-hybridized carbons (Fsp3) is 0.750. The van der Waals surface area contributed by atoms with Gasteiger partial charge in [-0.15, -0.1) is 6.42 Å². The van der Waals surface area contributed by atoms with E-state index in [1.54, 1.807) is 0 Å². The van der Waals surface area contributed by atoms with E-state index in [9.17, 15) is 4.79 Å². The first-order valence-electron chi connectivity index (χ1n) is 5.32. The first kappa shape index (κ1) is 12.1. The molecule has 0 aromatic heterocycles. The van der Waals surface area contributed by atoms with Crippen molar-refractivity contribution in [1.29, 1.82) is 0 Å². The van der Waals surface area contributed by atoms with Crippen molar-refractivity contribution in [2.75, 3.05) is 20.2 Å². The molecule has 0 N–H and O–H groups in total. The first-order valence-corrected chi connectivity index (χ1v) is 5.32. The lowest BCUT2D eigenvalue weighted by atomic mass is 9.93. The highest BCUT2D eigenvalue weighted by Gasteiger charge is 2.33. The number of piperidine rings is 1. The monoisotopic (exact) mass is 209 g/mol. The number of ether oxygens (including phenoxy) is 1. The molecule has 0 spiro atoms. The Kier molecular flexibility index (Phi) is 3.76. The molecule has 15 heavy (non-hydrogen) atoms. The number of methoxy groups -OCH3 is 1. The van der Waals surface area contributed by atoms with Gasteiger partial charge < -0.3 is 4.74 Å². The number of nitrogens with zero attached hydrogens (tertiary/aromatic N) is 1. The molecular weight excluding hydrogens is 190 g/mol. The number of terminal acetylenes is 1. The summed E-state index contributed by atoms with van der Waals surface area (Å²) in [5.41, 5.74) is -0.271. The van der Waals surface area contributed by atoms with Gasteiger partial charge in [0.25, 0.3) is 0 Å². The zero-order valence-electron chi connectivity index (χ0n) is 9.75. The molecule has 1 rings (SSSR count). The highest BCUT2D eigenvalue weighted by Crippen LogP contribution is 2.24. The van der Waals surface area contributed by atoms with Gasteiger partial charge in [0.2, 0.25) is 0 Å². The predicted molar refractivity (Wildman–Crippen MR) is 59.2 cm³/mol. The zero-order chi connectivity index (χ0) is 11.5. The van der Waals surface area contributed by atoms with E-state index in [1.165, 1.54) is 7.11 Å². The van der Waals surface area contributed by atoms with Crippen molar-refractivity contribution in [3.8, 4) is 12.3 Å². The standard InChI is InChI=1S/C12H19NO2/c1-5-12(2,3)13-8-6-7-10(9-13)11(14)15-4/h1,10H,6-9H2,2-4H3. The predicted octanol–water partition coefficient (Wildman–Crippen LogP) is 1.28. The van der Waals surface area contributed by atoms with Gasteiger partial charge in [-0.25, -0.2) is 0 Å². The van der Waals surface area contributed by atoms with Crippen LogP contribution in [0.2, 0.25) is 0 Å². The van der Waals surface area contributed by atoms with E-state index >= 15 is 0 Å². The highest BCUT2D eigenvalue weighted by molar-refractivity contribution is 5.72. The van der Waals surface area contributed by atoms with Gasteiger partial charge in [-0.2, -0.15) is 0 Å². The number of carbonyl (C=O) groups is 1. The van der Waals surface area contributed by atoms with Crippen LogP contribution in [-0.2, 0) is 9.53 Å². The maximum atomic E-state index is 11.4. The van der Waals surface area contributed by atoms with Gasteiger partial charge >= 0.3 is 5.97 Å². The maximum absolute atomic E-state index is 11.4. The lowest BCUT2D eigenvalue weighted by molar-refractivity contribution is -0.147. The van der Waals surface area contributed by atoms with Gasteiger partial charge in [0.05, 0.1) is 18.6 Å². The quantitative estimate of drug-likeness (QED) is 0.507. The SMILES string of the molecule is C#CC(C)(C)N1CCCC(C(=O)OC)C1. The Labute approximate surface area is 91.8 Å². The van der Waals surface area contributed by atoms with Crippen LogP contribution in [0.15, 0.2) is 0 Å².